The van der Waals surface area contributed by atoms with Gasteiger partial charge in [-0.25, -0.2) is 0 Å². The highest BCUT2D eigenvalue weighted by Crippen LogP contribution is 2.25. The standard InChI is InChI=1S/C13H24N2OS.ClH/c1-13(2,3)17-9-12(16)15-7-6-10-4-5-11(8-15)14-10;/h10-11,14H,4-9H2,1-3H3;1H. The number of carbonyl (C=O) groups is 1. The molecule has 18 heavy (non-hydrogen) atoms. The molecule has 0 aromatic rings. The first-order chi connectivity index (χ1) is 7.94. The van der Waals surface area contributed by atoms with Crippen LogP contribution in [0.4, 0.5) is 0 Å². The molecule has 3 nitrogen and oxygen atoms in total. The molecule has 0 saturated carbocycles. The van der Waals surface area contributed by atoms with Gasteiger partial charge in [-0.05, 0) is 19.3 Å². The van der Waals surface area contributed by atoms with Crippen LogP contribution in [-0.2, 0) is 4.79 Å². The van der Waals surface area contributed by atoms with E-state index in [4.69, 9.17) is 0 Å². The first kappa shape index (κ1) is 16.1. The number of carbonyl (C=O) groups excluding carboxylic acids is 1. The Morgan fingerprint density at radius 1 is 1.28 bits per heavy atom. The molecule has 2 aliphatic rings. The fourth-order valence-corrected chi connectivity index (χ4v) is 3.28. The van der Waals surface area contributed by atoms with Gasteiger partial charge in [-0.3, -0.25) is 4.79 Å². The van der Waals surface area contributed by atoms with E-state index in [-0.39, 0.29) is 17.2 Å². The molecule has 2 fully saturated rings. The van der Waals surface area contributed by atoms with E-state index >= 15 is 0 Å². The Kier molecular flexibility index (Phi) is 5.81. The monoisotopic (exact) mass is 292 g/mol. The summed E-state index contributed by atoms with van der Waals surface area (Å²) in [7, 11) is 0. The van der Waals surface area contributed by atoms with Gasteiger partial charge in [-0.15, -0.1) is 24.2 Å². The van der Waals surface area contributed by atoms with Crippen LogP contribution in [0.2, 0.25) is 0 Å². The van der Waals surface area contributed by atoms with Gasteiger partial charge in [-0.1, -0.05) is 20.8 Å². The van der Waals surface area contributed by atoms with Gasteiger partial charge in [0.1, 0.15) is 0 Å². The summed E-state index contributed by atoms with van der Waals surface area (Å²) in [5.74, 6) is 0.945. The van der Waals surface area contributed by atoms with Gasteiger partial charge in [0.05, 0.1) is 5.75 Å². The van der Waals surface area contributed by atoms with Gasteiger partial charge in [0.2, 0.25) is 5.91 Å². The van der Waals surface area contributed by atoms with E-state index in [1.54, 1.807) is 11.8 Å². The molecule has 2 unspecified atom stereocenters. The number of hydrogen-bond donors (Lipinski definition) is 1. The summed E-state index contributed by atoms with van der Waals surface area (Å²) >= 11 is 1.75. The highest BCUT2D eigenvalue weighted by molar-refractivity contribution is 8.01. The van der Waals surface area contributed by atoms with Gasteiger partial charge in [0, 0.05) is 29.9 Å². The van der Waals surface area contributed by atoms with Crippen molar-refractivity contribution in [3.8, 4) is 0 Å². The van der Waals surface area contributed by atoms with E-state index in [0.29, 0.717) is 23.7 Å². The van der Waals surface area contributed by atoms with Crippen LogP contribution in [0.1, 0.15) is 40.0 Å². The molecule has 0 aromatic heterocycles. The quantitative estimate of drug-likeness (QED) is 0.848. The molecule has 2 rings (SSSR count). The largest absolute Gasteiger partial charge is 0.340 e. The lowest BCUT2D eigenvalue weighted by Crippen LogP contribution is -2.40. The Bertz CT molecular complexity index is 293. The molecule has 0 aliphatic carbocycles. The molecule has 0 aromatic carbocycles. The Labute approximate surface area is 121 Å². The van der Waals surface area contributed by atoms with E-state index in [1.807, 2.05) is 0 Å². The molecule has 2 bridgehead atoms. The summed E-state index contributed by atoms with van der Waals surface area (Å²) in [6.45, 7) is 8.35. The van der Waals surface area contributed by atoms with Crippen molar-refractivity contribution in [2.75, 3.05) is 18.8 Å². The van der Waals surface area contributed by atoms with Crippen molar-refractivity contribution in [3.63, 3.8) is 0 Å². The maximum atomic E-state index is 12.2. The first-order valence-corrected chi connectivity index (χ1v) is 7.60. The van der Waals surface area contributed by atoms with Gasteiger partial charge in [0.25, 0.3) is 0 Å². The van der Waals surface area contributed by atoms with Crippen molar-refractivity contribution in [1.82, 2.24) is 10.2 Å². The SMILES string of the molecule is CC(C)(C)SCC(=O)N1CCC2CCC(C1)N2.Cl. The number of rotatable bonds is 2. The molecule has 0 radical (unpaired) electrons. The normalized spacial score (nSPS) is 27.6. The molecule has 2 aliphatic heterocycles. The predicted octanol–water partition coefficient (Wildman–Crippen LogP) is 2.29. The van der Waals surface area contributed by atoms with Gasteiger partial charge in [0.15, 0.2) is 0 Å². The summed E-state index contributed by atoms with van der Waals surface area (Å²) in [4.78, 5) is 14.2. The lowest BCUT2D eigenvalue weighted by Gasteiger charge is -2.26. The minimum absolute atomic E-state index is 0. The van der Waals surface area contributed by atoms with E-state index in [1.165, 1.54) is 12.8 Å². The maximum Gasteiger partial charge on any atom is 0.232 e. The van der Waals surface area contributed by atoms with Crippen molar-refractivity contribution in [2.45, 2.75) is 56.9 Å². The van der Waals surface area contributed by atoms with Crippen molar-refractivity contribution < 1.29 is 4.79 Å². The smallest absolute Gasteiger partial charge is 0.232 e. The minimum atomic E-state index is 0. The first-order valence-electron chi connectivity index (χ1n) is 6.62. The highest BCUT2D eigenvalue weighted by atomic mass is 35.5. The van der Waals surface area contributed by atoms with Crippen molar-refractivity contribution >= 4 is 30.1 Å². The fraction of sp³-hybridized carbons (Fsp3) is 0.923. The molecule has 106 valence electrons. The number of nitrogens with one attached hydrogen (secondary N) is 1. The third-order valence-corrected chi connectivity index (χ3v) is 4.76. The summed E-state index contributed by atoms with van der Waals surface area (Å²) in [6, 6.07) is 1.21. The zero-order valence-electron chi connectivity index (χ0n) is 11.6. The zero-order chi connectivity index (χ0) is 12.5. The second kappa shape index (κ2) is 6.49. The number of hydrogen-bond acceptors (Lipinski definition) is 3. The van der Waals surface area contributed by atoms with Crippen LogP contribution in [0.5, 0.6) is 0 Å². The Balaban J connectivity index is 0.00000162. The highest BCUT2D eigenvalue weighted by Gasteiger charge is 2.31. The number of thioether (sulfide) groups is 1. The lowest BCUT2D eigenvalue weighted by molar-refractivity contribution is -0.128. The lowest BCUT2D eigenvalue weighted by atomic mass is 10.1. The van der Waals surface area contributed by atoms with Crippen LogP contribution in [0.3, 0.4) is 0 Å². The van der Waals surface area contributed by atoms with Crippen LogP contribution in [0, 0.1) is 0 Å². The zero-order valence-corrected chi connectivity index (χ0v) is 13.2. The number of amides is 1. The molecule has 1 amide bonds. The van der Waals surface area contributed by atoms with Crippen molar-refractivity contribution in [2.24, 2.45) is 0 Å². The van der Waals surface area contributed by atoms with Crippen LogP contribution in [-0.4, -0.2) is 46.5 Å². The van der Waals surface area contributed by atoms with Gasteiger partial charge in [-0.2, -0.15) is 0 Å². The molecule has 2 saturated heterocycles. The van der Waals surface area contributed by atoms with Gasteiger partial charge < -0.3 is 10.2 Å². The average Bonchev–Trinajstić information content (AvgIpc) is 2.54. The van der Waals surface area contributed by atoms with Crippen LogP contribution < -0.4 is 5.32 Å². The number of fused-ring (bicyclic) bond motifs is 2. The Morgan fingerprint density at radius 2 is 1.94 bits per heavy atom. The summed E-state index contributed by atoms with van der Waals surface area (Å²) in [5, 5.41) is 3.61. The summed E-state index contributed by atoms with van der Waals surface area (Å²) in [5.41, 5.74) is 0. The fourth-order valence-electron chi connectivity index (χ4n) is 2.54. The molecule has 2 atom stereocenters. The number of likely N-dealkylation sites (tertiary alicyclic amines) is 1. The third kappa shape index (κ3) is 4.63. The minimum Gasteiger partial charge on any atom is -0.340 e. The number of nitrogens with zero attached hydrogens (tertiary/aromatic N) is 1. The van der Waals surface area contributed by atoms with E-state index < -0.39 is 0 Å². The summed E-state index contributed by atoms with van der Waals surface area (Å²) < 4.78 is 0.179. The van der Waals surface area contributed by atoms with E-state index in [9.17, 15) is 4.79 Å². The number of halogens is 1. The third-order valence-electron chi connectivity index (χ3n) is 3.50. The topological polar surface area (TPSA) is 32.3 Å². The molecule has 2 heterocycles. The molecule has 0 spiro atoms. The molecular weight excluding hydrogens is 268 g/mol. The summed E-state index contributed by atoms with van der Waals surface area (Å²) in [6.07, 6.45) is 3.66. The molecule has 5 heteroatoms. The van der Waals surface area contributed by atoms with Crippen molar-refractivity contribution in [3.05, 3.63) is 0 Å². The second-order valence-electron chi connectivity index (χ2n) is 6.17. The Morgan fingerprint density at radius 3 is 2.61 bits per heavy atom. The second-order valence-corrected chi connectivity index (χ2v) is 7.97. The van der Waals surface area contributed by atoms with Crippen molar-refractivity contribution in [1.29, 1.82) is 0 Å². The maximum absolute atomic E-state index is 12.2. The predicted molar refractivity (Wildman–Crippen MR) is 80.6 cm³/mol. The van der Waals surface area contributed by atoms with E-state index in [0.717, 1.165) is 19.5 Å². The van der Waals surface area contributed by atoms with Crippen LogP contribution in [0.15, 0.2) is 0 Å². The molecular formula is C13H25ClN2OS. The average molecular weight is 293 g/mol. The van der Waals surface area contributed by atoms with E-state index in [2.05, 4.69) is 31.0 Å². The Hall–Kier alpha value is 0.0700. The van der Waals surface area contributed by atoms with Gasteiger partial charge >= 0.3 is 0 Å². The van der Waals surface area contributed by atoms with Crippen LogP contribution >= 0.6 is 24.2 Å². The molecule has 1 N–H and O–H groups in total. The van der Waals surface area contributed by atoms with Crippen LogP contribution in [0.25, 0.3) is 0 Å².